The van der Waals surface area contributed by atoms with Crippen LogP contribution in [0.25, 0.3) is 0 Å². The lowest BCUT2D eigenvalue weighted by atomic mass is 10.0. The molecular weight excluding hydrogens is 233 g/mol. The smallest absolute Gasteiger partial charge is 0.142 e. The van der Waals surface area contributed by atoms with Crippen molar-refractivity contribution in [3.63, 3.8) is 0 Å². The van der Waals surface area contributed by atoms with E-state index >= 15 is 0 Å². The molecule has 1 aromatic carbocycles. The summed E-state index contributed by atoms with van der Waals surface area (Å²) in [5, 5.41) is 0.163. The van der Waals surface area contributed by atoms with Gasteiger partial charge < -0.3 is 5.73 Å². The third-order valence-electron chi connectivity index (χ3n) is 2.17. The first-order chi connectivity index (χ1) is 7.13. The van der Waals surface area contributed by atoms with Gasteiger partial charge in [0.1, 0.15) is 5.82 Å². The predicted molar refractivity (Wildman–Crippen MR) is 66.1 cm³/mol. The van der Waals surface area contributed by atoms with Crippen LogP contribution >= 0.6 is 23.4 Å². The maximum Gasteiger partial charge on any atom is 0.142 e. The second kappa shape index (κ2) is 6.36. The third-order valence-corrected chi connectivity index (χ3v) is 3.13. The minimum absolute atomic E-state index is 0.0954. The van der Waals surface area contributed by atoms with Gasteiger partial charge in [-0.05, 0) is 42.5 Å². The summed E-state index contributed by atoms with van der Waals surface area (Å²) in [7, 11) is 0. The lowest BCUT2D eigenvalue weighted by Crippen LogP contribution is -2.23. The van der Waals surface area contributed by atoms with Gasteiger partial charge in [-0.15, -0.1) is 0 Å². The summed E-state index contributed by atoms with van der Waals surface area (Å²) in [5.74, 6) is 0.670. The number of benzene rings is 1. The molecule has 0 aliphatic rings. The number of thioether (sulfide) groups is 1. The van der Waals surface area contributed by atoms with Crippen LogP contribution in [-0.2, 0) is 6.42 Å². The Balaban J connectivity index is 2.53. The van der Waals surface area contributed by atoms with Crippen molar-refractivity contribution in [2.45, 2.75) is 18.9 Å². The van der Waals surface area contributed by atoms with Crippen molar-refractivity contribution >= 4 is 23.4 Å². The van der Waals surface area contributed by atoms with Gasteiger partial charge in [-0.2, -0.15) is 11.8 Å². The minimum Gasteiger partial charge on any atom is -0.327 e. The van der Waals surface area contributed by atoms with Gasteiger partial charge in [0.2, 0.25) is 0 Å². The van der Waals surface area contributed by atoms with Crippen LogP contribution in [0.1, 0.15) is 12.0 Å². The van der Waals surface area contributed by atoms with E-state index in [0.717, 1.165) is 17.7 Å². The van der Waals surface area contributed by atoms with E-state index in [1.807, 2.05) is 6.07 Å². The largest absolute Gasteiger partial charge is 0.327 e. The Kier molecular flexibility index (Phi) is 5.43. The highest BCUT2D eigenvalue weighted by Crippen LogP contribution is 2.16. The Morgan fingerprint density at radius 3 is 2.87 bits per heavy atom. The monoisotopic (exact) mass is 247 g/mol. The van der Waals surface area contributed by atoms with Crippen LogP contribution in [0.2, 0.25) is 5.02 Å². The van der Waals surface area contributed by atoms with Crippen LogP contribution < -0.4 is 5.73 Å². The number of hydrogen-bond donors (Lipinski definition) is 1. The lowest BCUT2D eigenvalue weighted by molar-refractivity contribution is 0.616. The Morgan fingerprint density at radius 2 is 2.27 bits per heavy atom. The summed E-state index contributed by atoms with van der Waals surface area (Å²) in [6.45, 7) is 0. The lowest BCUT2D eigenvalue weighted by Gasteiger charge is -2.10. The summed E-state index contributed by atoms with van der Waals surface area (Å²) in [6, 6.07) is 4.96. The molecule has 1 unspecified atom stereocenters. The maximum atomic E-state index is 13.1. The van der Waals surface area contributed by atoms with Crippen LogP contribution in [0.3, 0.4) is 0 Å². The third kappa shape index (κ3) is 4.41. The van der Waals surface area contributed by atoms with E-state index in [1.165, 1.54) is 6.07 Å². The highest BCUT2D eigenvalue weighted by molar-refractivity contribution is 7.98. The molecule has 4 heteroatoms. The first-order valence-corrected chi connectivity index (χ1v) is 6.59. The van der Waals surface area contributed by atoms with E-state index < -0.39 is 0 Å². The molecule has 2 N–H and O–H groups in total. The van der Waals surface area contributed by atoms with Gasteiger partial charge >= 0.3 is 0 Å². The zero-order valence-electron chi connectivity index (χ0n) is 8.67. The van der Waals surface area contributed by atoms with E-state index in [-0.39, 0.29) is 16.9 Å². The molecule has 0 bridgehead atoms. The molecule has 0 amide bonds. The Morgan fingerprint density at radius 1 is 1.53 bits per heavy atom. The zero-order valence-corrected chi connectivity index (χ0v) is 10.2. The highest BCUT2D eigenvalue weighted by atomic mass is 35.5. The van der Waals surface area contributed by atoms with E-state index in [9.17, 15) is 4.39 Å². The van der Waals surface area contributed by atoms with Gasteiger partial charge in [-0.25, -0.2) is 4.39 Å². The van der Waals surface area contributed by atoms with Crippen molar-refractivity contribution < 1.29 is 4.39 Å². The molecule has 15 heavy (non-hydrogen) atoms. The summed E-state index contributed by atoms with van der Waals surface area (Å²) in [4.78, 5) is 0. The van der Waals surface area contributed by atoms with Crippen molar-refractivity contribution in [1.82, 2.24) is 0 Å². The Hall–Kier alpha value is -0.250. The van der Waals surface area contributed by atoms with Gasteiger partial charge in [0, 0.05) is 6.04 Å². The van der Waals surface area contributed by atoms with Crippen LogP contribution in [-0.4, -0.2) is 18.1 Å². The molecule has 0 saturated heterocycles. The molecule has 1 atom stereocenters. The maximum absolute atomic E-state index is 13.1. The van der Waals surface area contributed by atoms with Crippen LogP contribution in [0.4, 0.5) is 4.39 Å². The zero-order chi connectivity index (χ0) is 11.3. The molecule has 0 aromatic heterocycles. The van der Waals surface area contributed by atoms with Gasteiger partial charge in [0.25, 0.3) is 0 Å². The molecule has 0 aliphatic carbocycles. The Bertz CT molecular complexity index is 319. The van der Waals surface area contributed by atoms with E-state index in [1.54, 1.807) is 17.8 Å². The quantitative estimate of drug-likeness (QED) is 0.865. The average Bonchev–Trinajstić information content (AvgIpc) is 2.20. The van der Waals surface area contributed by atoms with Crippen LogP contribution in [0.15, 0.2) is 18.2 Å². The van der Waals surface area contributed by atoms with Gasteiger partial charge in [0.15, 0.2) is 0 Å². The van der Waals surface area contributed by atoms with Crippen molar-refractivity contribution in [2.75, 3.05) is 12.0 Å². The molecule has 0 heterocycles. The van der Waals surface area contributed by atoms with E-state index in [4.69, 9.17) is 17.3 Å². The molecule has 0 aliphatic heterocycles. The van der Waals surface area contributed by atoms with Gasteiger partial charge in [0.05, 0.1) is 5.02 Å². The Labute approximate surface area is 99.2 Å². The van der Waals surface area contributed by atoms with Crippen molar-refractivity contribution in [1.29, 1.82) is 0 Å². The van der Waals surface area contributed by atoms with Crippen molar-refractivity contribution in [2.24, 2.45) is 5.73 Å². The van der Waals surface area contributed by atoms with E-state index in [2.05, 4.69) is 6.26 Å². The van der Waals surface area contributed by atoms with Crippen LogP contribution in [0, 0.1) is 5.82 Å². The molecule has 0 fully saturated rings. The standard InChI is InChI=1S/C11H15ClFNS/c1-15-5-4-9(14)6-8-2-3-10(12)11(13)7-8/h2-3,7,9H,4-6,14H2,1H3. The molecule has 0 radical (unpaired) electrons. The fraction of sp³-hybridized carbons (Fsp3) is 0.455. The average molecular weight is 248 g/mol. The molecule has 1 nitrogen and oxygen atoms in total. The molecule has 1 aromatic rings. The fourth-order valence-electron chi connectivity index (χ4n) is 1.34. The van der Waals surface area contributed by atoms with Gasteiger partial charge in [-0.3, -0.25) is 0 Å². The number of nitrogens with two attached hydrogens (primary N) is 1. The summed E-state index contributed by atoms with van der Waals surface area (Å²) < 4.78 is 13.1. The van der Waals surface area contributed by atoms with Gasteiger partial charge in [-0.1, -0.05) is 17.7 Å². The molecule has 0 saturated carbocycles. The number of rotatable bonds is 5. The highest BCUT2D eigenvalue weighted by Gasteiger charge is 2.06. The molecular formula is C11H15ClFNS. The molecule has 84 valence electrons. The SMILES string of the molecule is CSCCC(N)Cc1ccc(Cl)c(F)c1. The van der Waals surface area contributed by atoms with Crippen molar-refractivity contribution in [3.8, 4) is 0 Å². The molecule has 0 spiro atoms. The van der Waals surface area contributed by atoms with Crippen LogP contribution in [0.5, 0.6) is 0 Å². The second-order valence-corrected chi connectivity index (χ2v) is 4.89. The summed E-state index contributed by atoms with van der Waals surface area (Å²) in [5.41, 5.74) is 6.82. The minimum atomic E-state index is -0.369. The summed E-state index contributed by atoms with van der Waals surface area (Å²) in [6.07, 6.45) is 3.70. The first kappa shape index (κ1) is 12.8. The first-order valence-electron chi connectivity index (χ1n) is 4.82. The van der Waals surface area contributed by atoms with Crippen molar-refractivity contribution in [3.05, 3.63) is 34.6 Å². The topological polar surface area (TPSA) is 26.0 Å². The predicted octanol–water partition coefficient (Wildman–Crippen LogP) is 3.10. The molecule has 1 rings (SSSR count). The normalized spacial score (nSPS) is 12.8. The summed E-state index contributed by atoms with van der Waals surface area (Å²) >= 11 is 7.36. The number of hydrogen-bond acceptors (Lipinski definition) is 2. The van der Waals surface area contributed by atoms with E-state index in [0.29, 0.717) is 6.42 Å². The fourth-order valence-corrected chi connectivity index (χ4v) is 2.00. The second-order valence-electron chi connectivity index (χ2n) is 3.49. The number of halogens is 2.